The van der Waals surface area contributed by atoms with Gasteiger partial charge in [-0.15, -0.1) is 0 Å². The lowest BCUT2D eigenvalue weighted by Gasteiger charge is -2.31. The molecule has 0 bridgehead atoms. The summed E-state index contributed by atoms with van der Waals surface area (Å²) in [6.45, 7) is 10.7. The minimum Gasteiger partial charge on any atom is -0.396 e. The minimum atomic E-state index is 0.107. The number of benzene rings is 1. The second-order valence-electron chi connectivity index (χ2n) is 7.64. The topological polar surface area (TPSA) is 47.5 Å². The van der Waals surface area contributed by atoms with E-state index in [2.05, 4.69) is 59.0 Å². The lowest BCUT2D eigenvalue weighted by molar-refractivity contribution is 0.212. The van der Waals surface area contributed by atoms with Crippen molar-refractivity contribution in [2.45, 2.75) is 57.8 Å². The second kappa shape index (κ2) is 9.77. The van der Waals surface area contributed by atoms with Crippen LogP contribution in [0.3, 0.4) is 0 Å². The first-order valence-corrected chi connectivity index (χ1v) is 10.2. The van der Waals surface area contributed by atoms with Crippen LogP contribution in [0, 0.1) is 0 Å². The van der Waals surface area contributed by atoms with Crippen molar-refractivity contribution in [3.8, 4) is 0 Å². The summed E-state index contributed by atoms with van der Waals surface area (Å²) in [6, 6.07) is 10.6. The van der Waals surface area contributed by atoms with Crippen LogP contribution in [0.5, 0.6) is 0 Å². The van der Waals surface area contributed by atoms with Crippen molar-refractivity contribution in [2.75, 3.05) is 13.2 Å². The molecular formula is C23H33N3O. The number of allylic oxidation sites excluding steroid dienone is 2. The van der Waals surface area contributed by atoms with Gasteiger partial charge in [0.15, 0.2) is 6.29 Å². The molecule has 0 saturated carbocycles. The predicted octanol–water partition coefficient (Wildman–Crippen LogP) is 4.03. The minimum absolute atomic E-state index is 0.107. The summed E-state index contributed by atoms with van der Waals surface area (Å²) in [5, 5.41) is 16.2. The van der Waals surface area contributed by atoms with Crippen LogP contribution in [0.2, 0.25) is 0 Å². The molecule has 4 heteroatoms. The molecule has 2 aliphatic rings. The first-order valence-electron chi connectivity index (χ1n) is 10.2. The molecule has 1 atom stereocenters. The Morgan fingerprint density at radius 1 is 1.04 bits per heavy atom. The molecule has 0 spiro atoms. The number of rotatable bonds is 10. The normalized spacial score (nSPS) is 19.4. The zero-order valence-electron chi connectivity index (χ0n) is 16.3. The Morgan fingerprint density at radius 3 is 2.56 bits per heavy atom. The van der Waals surface area contributed by atoms with Crippen molar-refractivity contribution in [3.05, 3.63) is 71.6 Å². The third kappa shape index (κ3) is 5.24. The van der Waals surface area contributed by atoms with Crippen molar-refractivity contribution in [2.24, 2.45) is 0 Å². The van der Waals surface area contributed by atoms with E-state index in [9.17, 15) is 0 Å². The summed E-state index contributed by atoms with van der Waals surface area (Å²) in [6.07, 6.45) is 7.51. The summed E-state index contributed by atoms with van der Waals surface area (Å²) in [4.78, 5) is 2.42. The third-order valence-electron chi connectivity index (χ3n) is 5.29. The maximum Gasteiger partial charge on any atom is 0.155 e. The standard InChI is InChI=1S/C23H33N3O/c1-18-15-19(2)22-21(16-18)25-23(24-13-9-4-3-5-10-14-27)26(22)17-20-11-7-6-8-12-20/h6-8,11-12,23-25,27H,1-5,9-10,13-17H2. The average Bonchev–Trinajstić information content (AvgIpc) is 2.99. The summed E-state index contributed by atoms with van der Waals surface area (Å²) in [5.41, 5.74) is 6.23. The van der Waals surface area contributed by atoms with Crippen molar-refractivity contribution in [3.63, 3.8) is 0 Å². The molecule has 27 heavy (non-hydrogen) atoms. The van der Waals surface area contributed by atoms with Gasteiger partial charge in [0.2, 0.25) is 0 Å². The monoisotopic (exact) mass is 367 g/mol. The van der Waals surface area contributed by atoms with Gasteiger partial charge in [-0.1, -0.05) is 68.3 Å². The van der Waals surface area contributed by atoms with Crippen LogP contribution in [-0.2, 0) is 6.54 Å². The Kier molecular flexibility index (Phi) is 7.13. The van der Waals surface area contributed by atoms with E-state index >= 15 is 0 Å². The molecule has 0 saturated heterocycles. The molecule has 1 aliphatic heterocycles. The molecule has 0 amide bonds. The molecule has 1 aromatic carbocycles. The van der Waals surface area contributed by atoms with Crippen LogP contribution < -0.4 is 10.6 Å². The molecule has 3 N–H and O–H groups in total. The van der Waals surface area contributed by atoms with Gasteiger partial charge in [-0.2, -0.15) is 0 Å². The van der Waals surface area contributed by atoms with Crippen LogP contribution in [0.1, 0.15) is 50.5 Å². The quantitative estimate of drug-likeness (QED) is 0.432. The maximum atomic E-state index is 8.86. The highest BCUT2D eigenvalue weighted by atomic mass is 16.2. The van der Waals surface area contributed by atoms with Crippen LogP contribution in [0.15, 0.2) is 66.0 Å². The summed E-state index contributed by atoms with van der Waals surface area (Å²) in [7, 11) is 0. The van der Waals surface area contributed by atoms with Gasteiger partial charge in [0.05, 0.1) is 5.70 Å². The van der Waals surface area contributed by atoms with Crippen LogP contribution >= 0.6 is 0 Å². The molecule has 1 heterocycles. The number of unbranched alkanes of at least 4 members (excludes halogenated alkanes) is 4. The van der Waals surface area contributed by atoms with E-state index in [1.807, 2.05) is 0 Å². The Hall–Kier alpha value is -2.04. The molecule has 1 aliphatic carbocycles. The number of nitrogens with zero attached hydrogens (tertiary/aromatic N) is 1. The zero-order chi connectivity index (χ0) is 19.1. The van der Waals surface area contributed by atoms with Gasteiger partial charge in [-0.05, 0) is 36.9 Å². The van der Waals surface area contributed by atoms with Crippen LogP contribution in [-0.4, -0.2) is 29.4 Å². The van der Waals surface area contributed by atoms with Crippen molar-refractivity contribution < 1.29 is 5.11 Å². The van der Waals surface area contributed by atoms with E-state index < -0.39 is 0 Å². The van der Waals surface area contributed by atoms with Gasteiger partial charge in [-0.3, -0.25) is 5.32 Å². The highest BCUT2D eigenvalue weighted by Crippen LogP contribution is 2.37. The van der Waals surface area contributed by atoms with Gasteiger partial charge in [-0.25, -0.2) is 0 Å². The van der Waals surface area contributed by atoms with E-state index in [0.29, 0.717) is 6.61 Å². The Balaban J connectivity index is 1.60. The van der Waals surface area contributed by atoms with Gasteiger partial charge in [0.1, 0.15) is 0 Å². The number of hydrogen-bond acceptors (Lipinski definition) is 4. The van der Waals surface area contributed by atoms with Crippen molar-refractivity contribution in [1.82, 2.24) is 15.5 Å². The fraction of sp³-hybridized carbons (Fsp3) is 0.478. The summed E-state index contributed by atoms with van der Waals surface area (Å²) < 4.78 is 0. The van der Waals surface area contributed by atoms with Crippen LogP contribution in [0.4, 0.5) is 0 Å². The lowest BCUT2D eigenvalue weighted by Crippen LogP contribution is -2.48. The molecule has 0 fully saturated rings. The van der Waals surface area contributed by atoms with Crippen molar-refractivity contribution >= 4 is 0 Å². The van der Waals surface area contributed by atoms with Gasteiger partial charge < -0.3 is 15.3 Å². The fourth-order valence-corrected chi connectivity index (χ4v) is 3.98. The molecule has 4 nitrogen and oxygen atoms in total. The maximum absolute atomic E-state index is 8.86. The molecule has 3 rings (SSSR count). The number of aliphatic hydroxyl groups excluding tert-OH is 1. The molecule has 146 valence electrons. The van der Waals surface area contributed by atoms with Gasteiger partial charge in [0.25, 0.3) is 0 Å². The number of aliphatic hydroxyl groups is 1. The zero-order valence-corrected chi connectivity index (χ0v) is 16.3. The Labute approximate surface area is 163 Å². The van der Waals surface area contributed by atoms with E-state index in [1.165, 1.54) is 35.4 Å². The fourth-order valence-electron chi connectivity index (χ4n) is 3.98. The SMILES string of the molecule is C=C1CC(=C)C2=C(C1)NC(NCCCCCCCO)N2Cc1ccccc1. The largest absolute Gasteiger partial charge is 0.396 e. The Morgan fingerprint density at radius 2 is 1.78 bits per heavy atom. The highest BCUT2D eigenvalue weighted by Gasteiger charge is 2.34. The van der Waals surface area contributed by atoms with Gasteiger partial charge >= 0.3 is 0 Å². The summed E-state index contributed by atoms with van der Waals surface area (Å²) in [5.74, 6) is 0. The van der Waals surface area contributed by atoms with E-state index in [4.69, 9.17) is 5.11 Å². The van der Waals surface area contributed by atoms with E-state index in [1.54, 1.807) is 0 Å². The van der Waals surface area contributed by atoms with Crippen LogP contribution in [0.25, 0.3) is 0 Å². The van der Waals surface area contributed by atoms with Crippen molar-refractivity contribution in [1.29, 1.82) is 0 Å². The first-order chi connectivity index (χ1) is 13.2. The van der Waals surface area contributed by atoms with Gasteiger partial charge in [0, 0.05) is 25.3 Å². The Bertz CT molecular complexity index is 680. The first kappa shape index (κ1) is 19.7. The van der Waals surface area contributed by atoms with E-state index in [0.717, 1.165) is 50.8 Å². The smallest absolute Gasteiger partial charge is 0.155 e. The molecule has 1 aromatic rings. The molecule has 0 aromatic heterocycles. The summed E-state index contributed by atoms with van der Waals surface area (Å²) >= 11 is 0. The number of hydrogen-bond donors (Lipinski definition) is 3. The number of nitrogens with one attached hydrogen (secondary N) is 2. The molecule has 1 unspecified atom stereocenters. The predicted molar refractivity (Wildman–Crippen MR) is 112 cm³/mol. The lowest BCUT2D eigenvalue weighted by atomic mass is 9.93. The highest BCUT2D eigenvalue weighted by molar-refractivity contribution is 5.44. The molecule has 0 radical (unpaired) electrons. The second-order valence-corrected chi connectivity index (χ2v) is 7.64. The molecular weight excluding hydrogens is 334 g/mol. The van der Waals surface area contributed by atoms with E-state index in [-0.39, 0.29) is 6.29 Å². The average molecular weight is 368 g/mol. The third-order valence-corrected chi connectivity index (χ3v) is 5.29.